The van der Waals surface area contributed by atoms with Crippen molar-refractivity contribution in [3.05, 3.63) is 60.1 Å². The number of urea groups is 1. The summed E-state index contributed by atoms with van der Waals surface area (Å²) in [6.07, 6.45) is 1.59. The van der Waals surface area contributed by atoms with Crippen LogP contribution in [-0.4, -0.2) is 6.03 Å². The fourth-order valence-corrected chi connectivity index (χ4v) is 1.63. The first-order chi connectivity index (χ1) is 8.75. The Morgan fingerprint density at radius 2 is 2.00 bits per heavy atom. The Kier molecular flexibility index (Phi) is 4.02. The van der Waals surface area contributed by atoms with Crippen LogP contribution in [0.4, 0.5) is 4.79 Å². The maximum Gasteiger partial charge on any atom is 0.315 e. The number of hydrogen-bond acceptors (Lipinski definition) is 2. The highest BCUT2D eigenvalue weighted by Crippen LogP contribution is 2.11. The van der Waals surface area contributed by atoms with Crippen molar-refractivity contribution >= 4 is 6.03 Å². The van der Waals surface area contributed by atoms with Crippen LogP contribution in [0.15, 0.2) is 53.1 Å². The minimum Gasteiger partial charge on any atom is -0.467 e. The van der Waals surface area contributed by atoms with Crippen molar-refractivity contribution in [2.45, 2.75) is 19.5 Å². The van der Waals surface area contributed by atoms with E-state index in [1.54, 1.807) is 12.3 Å². The monoisotopic (exact) mass is 244 g/mol. The molecule has 0 aliphatic rings. The standard InChI is InChI=1S/C14H16N2O2/c1-11(13-8-5-9-18-13)16-14(17)15-10-12-6-3-2-4-7-12/h2-9,11H,10H2,1H3,(H2,15,16,17)/t11-/m1/s1. The Hall–Kier alpha value is -2.23. The Bertz CT molecular complexity index is 480. The van der Waals surface area contributed by atoms with Crippen LogP contribution in [0.1, 0.15) is 24.3 Å². The van der Waals surface area contributed by atoms with E-state index in [1.165, 1.54) is 0 Å². The van der Waals surface area contributed by atoms with Crippen LogP contribution in [0.25, 0.3) is 0 Å². The number of carbonyl (C=O) groups is 1. The van der Waals surface area contributed by atoms with Gasteiger partial charge < -0.3 is 15.1 Å². The molecule has 0 radical (unpaired) electrons. The summed E-state index contributed by atoms with van der Waals surface area (Å²) in [7, 11) is 0. The molecule has 1 aromatic carbocycles. The molecule has 0 bridgehead atoms. The lowest BCUT2D eigenvalue weighted by Crippen LogP contribution is -2.36. The number of furan rings is 1. The Balaban J connectivity index is 1.79. The minimum atomic E-state index is -0.206. The molecule has 1 aromatic heterocycles. The molecule has 0 fully saturated rings. The van der Waals surface area contributed by atoms with E-state index in [0.717, 1.165) is 11.3 Å². The van der Waals surface area contributed by atoms with Gasteiger partial charge in [-0.1, -0.05) is 30.3 Å². The van der Waals surface area contributed by atoms with Crippen molar-refractivity contribution in [2.24, 2.45) is 0 Å². The van der Waals surface area contributed by atoms with Gasteiger partial charge in [0.25, 0.3) is 0 Å². The van der Waals surface area contributed by atoms with Crippen LogP contribution < -0.4 is 10.6 Å². The maximum atomic E-state index is 11.7. The molecule has 0 saturated heterocycles. The van der Waals surface area contributed by atoms with Crippen LogP contribution in [0.3, 0.4) is 0 Å². The van der Waals surface area contributed by atoms with E-state index in [2.05, 4.69) is 10.6 Å². The first-order valence-corrected chi connectivity index (χ1v) is 5.87. The fraction of sp³-hybridized carbons (Fsp3) is 0.214. The van der Waals surface area contributed by atoms with Crippen LogP contribution in [0, 0.1) is 0 Å². The lowest BCUT2D eigenvalue weighted by molar-refractivity contribution is 0.235. The van der Waals surface area contributed by atoms with Gasteiger partial charge in [0.15, 0.2) is 0 Å². The molecule has 0 unspecified atom stereocenters. The van der Waals surface area contributed by atoms with Gasteiger partial charge in [-0.05, 0) is 24.6 Å². The SMILES string of the molecule is C[C@@H](NC(=O)NCc1ccccc1)c1ccco1. The topological polar surface area (TPSA) is 54.3 Å². The van der Waals surface area contributed by atoms with Gasteiger partial charge in [-0.25, -0.2) is 4.79 Å². The second kappa shape index (κ2) is 5.91. The Morgan fingerprint density at radius 1 is 1.22 bits per heavy atom. The number of carbonyl (C=O) groups excluding carboxylic acids is 1. The number of benzene rings is 1. The Labute approximate surface area is 106 Å². The highest BCUT2D eigenvalue weighted by atomic mass is 16.3. The van der Waals surface area contributed by atoms with Crippen molar-refractivity contribution in [1.29, 1.82) is 0 Å². The molecule has 1 heterocycles. The maximum absolute atomic E-state index is 11.7. The van der Waals surface area contributed by atoms with Gasteiger partial charge in [-0.2, -0.15) is 0 Å². The van der Waals surface area contributed by atoms with E-state index >= 15 is 0 Å². The quantitative estimate of drug-likeness (QED) is 0.868. The van der Waals surface area contributed by atoms with E-state index in [1.807, 2.05) is 43.3 Å². The molecule has 2 N–H and O–H groups in total. The molecule has 1 atom stereocenters. The van der Waals surface area contributed by atoms with Crippen molar-refractivity contribution in [3.8, 4) is 0 Å². The molecule has 94 valence electrons. The summed E-state index contributed by atoms with van der Waals surface area (Å²) in [6.45, 7) is 2.39. The molecule has 2 amide bonds. The summed E-state index contributed by atoms with van der Waals surface area (Å²) >= 11 is 0. The third-order valence-corrected chi connectivity index (χ3v) is 2.61. The summed E-state index contributed by atoms with van der Waals surface area (Å²) in [5, 5.41) is 5.61. The smallest absolute Gasteiger partial charge is 0.315 e. The second-order valence-electron chi connectivity index (χ2n) is 4.05. The average molecular weight is 244 g/mol. The van der Waals surface area contributed by atoms with Gasteiger partial charge in [0.1, 0.15) is 5.76 Å². The largest absolute Gasteiger partial charge is 0.467 e. The van der Waals surface area contributed by atoms with E-state index in [4.69, 9.17) is 4.42 Å². The second-order valence-corrected chi connectivity index (χ2v) is 4.05. The molecule has 0 aliphatic heterocycles. The fourth-order valence-electron chi connectivity index (χ4n) is 1.63. The molecule has 4 nitrogen and oxygen atoms in total. The molecular weight excluding hydrogens is 228 g/mol. The number of rotatable bonds is 4. The van der Waals surface area contributed by atoms with Crippen molar-refractivity contribution in [1.82, 2.24) is 10.6 Å². The number of amides is 2. The van der Waals surface area contributed by atoms with Gasteiger partial charge in [-0.3, -0.25) is 0 Å². The van der Waals surface area contributed by atoms with Crippen LogP contribution in [-0.2, 0) is 6.54 Å². The first-order valence-electron chi connectivity index (χ1n) is 5.87. The van der Waals surface area contributed by atoms with Crippen LogP contribution in [0.5, 0.6) is 0 Å². The predicted molar refractivity (Wildman–Crippen MR) is 68.9 cm³/mol. The zero-order chi connectivity index (χ0) is 12.8. The summed E-state index contributed by atoms with van der Waals surface area (Å²) in [5.74, 6) is 0.741. The molecule has 2 aromatic rings. The lowest BCUT2D eigenvalue weighted by Gasteiger charge is -2.12. The average Bonchev–Trinajstić information content (AvgIpc) is 2.91. The third kappa shape index (κ3) is 3.38. The minimum absolute atomic E-state index is 0.143. The number of hydrogen-bond donors (Lipinski definition) is 2. The zero-order valence-corrected chi connectivity index (χ0v) is 10.2. The lowest BCUT2D eigenvalue weighted by atomic mass is 10.2. The van der Waals surface area contributed by atoms with Gasteiger partial charge >= 0.3 is 6.03 Å². The molecule has 0 aliphatic carbocycles. The van der Waals surface area contributed by atoms with Crippen molar-refractivity contribution in [3.63, 3.8) is 0 Å². The number of nitrogens with one attached hydrogen (secondary N) is 2. The summed E-state index contributed by atoms with van der Waals surface area (Å²) in [6, 6.07) is 13.1. The van der Waals surface area contributed by atoms with E-state index in [9.17, 15) is 4.79 Å². The van der Waals surface area contributed by atoms with Crippen LogP contribution >= 0.6 is 0 Å². The zero-order valence-electron chi connectivity index (χ0n) is 10.2. The molecule has 0 saturated carbocycles. The Morgan fingerprint density at radius 3 is 2.67 bits per heavy atom. The van der Waals surface area contributed by atoms with E-state index in [0.29, 0.717) is 6.54 Å². The highest BCUT2D eigenvalue weighted by Gasteiger charge is 2.10. The molecular formula is C14H16N2O2. The normalized spacial score (nSPS) is 11.8. The molecule has 0 spiro atoms. The predicted octanol–water partition coefficient (Wildman–Crippen LogP) is 2.84. The van der Waals surface area contributed by atoms with Crippen molar-refractivity contribution in [2.75, 3.05) is 0 Å². The van der Waals surface area contributed by atoms with Gasteiger partial charge in [0, 0.05) is 6.54 Å². The summed E-state index contributed by atoms with van der Waals surface area (Å²) < 4.78 is 5.22. The van der Waals surface area contributed by atoms with Crippen molar-refractivity contribution < 1.29 is 9.21 Å². The molecule has 4 heteroatoms. The summed E-state index contributed by atoms with van der Waals surface area (Å²) in [4.78, 5) is 11.7. The third-order valence-electron chi connectivity index (χ3n) is 2.61. The van der Waals surface area contributed by atoms with E-state index < -0.39 is 0 Å². The van der Waals surface area contributed by atoms with Gasteiger partial charge in [0.05, 0.1) is 12.3 Å². The van der Waals surface area contributed by atoms with Gasteiger partial charge in [0.2, 0.25) is 0 Å². The van der Waals surface area contributed by atoms with Gasteiger partial charge in [-0.15, -0.1) is 0 Å². The molecule has 2 rings (SSSR count). The van der Waals surface area contributed by atoms with E-state index in [-0.39, 0.29) is 12.1 Å². The first kappa shape index (κ1) is 12.2. The summed E-state index contributed by atoms with van der Waals surface area (Å²) in [5.41, 5.74) is 1.07. The molecule has 18 heavy (non-hydrogen) atoms. The highest BCUT2D eigenvalue weighted by molar-refractivity contribution is 5.74. The van der Waals surface area contributed by atoms with Crippen LogP contribution in [0.2, 0.25) is 0 Å².